The third-order valence-electron chi connectivity index (χ3n) is 3.42. The van der Waals surface area contributed by atoms with Gasteiger partial charge in [-0.1, -0.05) is 6.08 Å². The first-order chi connectivity index (χ1) is 6.21. The summed E-state index contributed by atoms with van der Waals surface area (Å²) in [6, 6.07) is 0. The SMILES string of the molecule is C=C[C@@H]1CCN(C)[C@@]12CCOC2=O. The van der Waals surface area contributed by atoms with Gasteiger partial charge in [0.15, 0.2) is 0 Å². The highest BCUT2D eigenvalue weighted by Crippen LogP contribution is 2.41. The lowest BCUT2D eigenvalue weighted by atomic mass is 9.84. The third kappa shape index (κ3) is 0.967. The zero-order chi connectivity index (χ0) is 9.47. The van der Waals surface area contributed by atoms with Crippen LogP contribution in [0.5, 0.6) is 0 Å². The van der Waals surface area contributed by atoms with Gasteiger partial charge >= 0.3 is 5.97 Å². The minimum Gasteiger partial charge on any atom is -0.464 e. The van der Waals surface area contributed by atoms with Crippen molar-refractivity contribution in [2.45, 2.75) is 18.4 Å². The van der Waals surface area contributed by atoms with Crippen molar-refractivity contribution in [1.82, 2.24) is 4.90 Å². The van der Waals surface area contributed by atoms with E-state index in [9.17, 15) is 4.79 Å². The fourth-order valence-corrected chi connectivity index (χ4v) is 2.58. The molecule has 3 heteroatoms. The number of esters is 1. The van der Waals surface area contributed by atoms with Gasteiger partial charge in [0.25, 0.3) is 0 Å². The second kappa shape index (κ2) is 2.84. The maximum Gasteiger partial charge on any atom is 0.327 e. The Morgan fingerprint density at radius 1 is 1.77 bits per heavy atom. The largest absolute Gasteiger partial charge is 0.464 e. The predicted octanol–water partition coefficient (Wildman–Crippen LogP) is 0.810. The molecule has 2 atom stereocenters. The van der Waals surface area contributed by atoms with Gasteiger partial charge in [0.2, 0.25) is 0 Å². The summed E-state index contributed by atoms with van der Waals surface area (Å²) in [5.74, 6) is 0.213. The molecule has 2 fully saturated rings. The molecule has 2 rings (SSSR count). The number of rotatable bonds is 1. The van der Waals surface area contributed by atoms with Crippen molar-refractivity contribution in [2.75, 3.05) is 20.2 Å². The first-order valence-corrected chi connectivity index (χ1v) is 4.73. The molecule has 0 aromatic carbocycles. The predicted molar refractivity (Wildman–Crippen MR) is 49.2 cm³/mol. The van der Waals surface area contributed by atoms with Gasteiger partial charge in [-0.05, 0) is 20.0 Å². The molecular formula is C10H15NO2. The molecule has 0 aromatic heterocycles. The first kappa shape index (κ1) is 8.75. The van der Waals surface area contributed by atoms with Crippen molar-refractivity contribution in [3.63, 3.8) is 0 Å². The molecular weight excluding hydrogens is 166 g/mol. The van der Waals surface area contributed by atoms with Crippen molar-refractivity contribution in [3.8, 4) is 0 Å². The smallest absolute Gasteiger partial charge is 0.327 e. The molecule has 0 saturated carbocycles. The van der Waals surface area contributed by atoms with E-state index in [0.717, 1.165) is 19.4 Å². The summed E-state index contributed by atoms with van der Waals surface area (Å²) in [6.45, 7) is 5.32. The van der Waals surface area contributed by atoms with Crippen LogP contribution in [0.15, 0.2) is 12.7 Å². The lowest BCUT2D eigenvalue weighted by Gasteiger charge is -2.31. The van der Waals surface area contributed by atoms with Crippen LogP contribution in [-0.2, 0) is 9.53 Å². The number of cyclic esters (lactones) is 1. The number of carbonyl (C=O) groups is 1. The molecule has 2 aliphatic rings. The lowest BCUT2D eigenvalue weighted by molar-refractivity contribution is -0.147. The van der Waals surface area contributed by atoms with Gasteiger partial charge in [-0.2, -0.15) is 0 Å². The van der Waals surface area contributed by atoms with Gasteiger partial charge < -0.3 is 4.74 Å². The fraction of sp³-hybridized carbons (Fsp3) is 0.700. The van der Waals surface area contributed by atoms with Crippen molar-refractivity contribution in [3.05, 3.63) is 12.7 Å². The topological polar surface area (TPSA) is 29.5 Å². The summed E-state index contributed by atoms with van der Waals surface area (Å²) >= 11 is 0. The van der Waals surface area contributed by atoms with E-state index in [0.29, 0.717) is 6.61 Å². The van der Waals surface area contributed by atoms with Gasteiger partial charge in [-0.25, -0.2) is 0 Å². The van der Waals surface area contributed by atoms with E-state index in [2.05, 4.69) is 11.5 Å². The van der Waals surface area contributed by atoms with Crippen LogP contribution in [0, 0.1) is 5.92 Å². The molecule has 72 valence electrons. The Labute approximate surface area is 78.4 Å². The van der Waals surface area contributed by atoms with Crippen LogP contribution >= 0.6 is 0 Å². The van der Waals surface area contributed by atoms with E-state index in [1.165, 1.54) is 0 Å². The highest BCUT2D eigenvalue weighted by atomic mass is 16.5. The summed E-state index contributed by atoms with van der Waals surface area (Å²) in [7, 11) is 2.00. The minimum absolute atomic E-state index is 0.0580. The molecule has 0 unspecified atom stereocenters. The minimum atomic E-state index is -0.373. The van der Waals surface area contributed by atoms with E-state index in [1.807, 2.05) is 13.1 Å². The molecule has 2 aliphatic heterocycles. The molecule has 3 nitrogen and oxygen atoms in total. The van der Waals surface area contributed by atoms with E-state index in [4.69, 9.17) is 4.74 Å². The number of carbonyl (C=O) groups excluding carboxylic acids is 1. The molecule has 0 aromatic rings. The molecule has 0 N–H and O–H groups in total. The third-order valence-corrected chi connectivity index (χ3v) is 3.42. The Morgan fingerprint density at radius 3 is 3.08 bits per heavy atom. The summed E-state index contributed by atoms with van der Waals surface area (Å²) in [5, 5.41) is 0. The van der Waals surface area contributed by atoms with Gasteiger partial charge in [0, 0.05) is 12.3 Å². The van der Waals surface area contributed by atoms with E-state index >= 15 is 0 Å². The normalized spacial score (nSPS) is 39.8. The second-order valence-corrected chi connectivity index (χ2v) is 3.86. The molecule has 0 radical (unpaired) electrons. The first-order valence-electron chi connectivity index (χ1n) is 4.73. The Kier molecular flexibility index (Phi) is 1.91. The Morgan fingerprint density at radius 2 is 2.54 bits per heavy atom. The maximum absolute atomic E-state index is 11.7. The molecule has 0 amide bonds. The van der Waals surface area contributed by atoms with Crippen molar-refractivity contribution < 1.29 is 9.53 Å². The Hall–Kier alpha value is -0.830. The molecule has 0 bridgehead atoms. The monoisotopic (exact) mass is 181 g/mol. The number of hydrogen-bond donors (Lipinski definition) is 0. The maximum atomic E-state index is 11.7. The number of likely N-dealkylation sites (N-methyl/N-ethyl adjacent to an activating group) is 1. The molecule has 13 heavy (non-hydrogen) atoms. The zero-order valence-electron chi connectivity index (χ0n) is 7.95. The summed E-state index contributed by atoms with van der Waals surface area (Å²) < 4.78 is 5.06. The molecule has 2 heterocycles. The number of ether oxygens (including phenoxy) is 1. The van der Waals surface area contributed by atoms with Crippen molar-refractivity contribution in [2.24, 2.45) is 5.92 Å². The van der Waals surface area contributed by atoms with Crippen LogP contribution in [0.4, 0.5) is 0 Å². The van der Waals surface area contributed by atoms with Crippen LogP contribution in [0.1, 0.15) is 12.8 Å². The fourth-order valence-electron chi connectivity index (χ4n) is 2.58. The number of likely N-dealkylation sites (tertiary alicyclic amines) is 1. The Balaban J connectivity index is 2.35. The van der Waals surface area contributed by atoms with Gasteiger partial charge in [0.1, 0.15) is 5.54 Å². The van der Waals surface area contributed by atoms with Crippen molar-refractivity contribution >= 4 is 5.97 Å². The van der Waals surface area contributed by atoms with E-state index in [1.54, 1.807) is 0 Å². The van der Waals surface area contributed by atoms with E-state index in [-0.39, 0.29) is 17.4 Å². The van der Waals surface area contributed by atoms with Gasteiger partial charge in [0.05, 0.1) is 6.61 Å². The quantitative estimate of drug-likeness (QED) is 0.443. The van der Waals surface area contributed by atoms with Crippen LogP contribution in [-0.4, -0.2) is 36.6 Å². The van der Waals surface area contributed by atoms with Gasteiger partial charge in [-0.3, -0.25) is 9.69 Å². The second-order valence-electron chi connectivity index (χ2n) is 3.86. The zero-order valence-corrected chi connectivity index (χ0v) is 7.95. The summed E-state index contributed by atoms with van der Waals surface area (Å²) in [6.07, 6.45) is 3.74. The standard InChI is InChI=1S/C10H15NO2/c1-3-8-4-6-11(2)10(8)5-7-13-9(10)12/h3,8H,1,4-7H2,2H3/t8-,10+/m1/s1. The van der Waals surface area contributed by atoms with Gasteiger partial charge in [-0.15, -0.1) is 6.58 Å². The van der Waals surface area contributed by atoms with Crippen molar-refractivity contribution in [1.29, 1.82) is 0 Å². The molecule has 1 spiro atoms. The highest BCUT2D eigenvalue weighted by Gasteiger charge is 2.55. The lowest BCUT2D eigenvalue weighted by Crippen LogP contribution is -2.49. The molecule has 0 aliphatic carbocycles. The molecule has 2 saturated heterocycles. The number of hydrogen-bond acceptors (Lipinski definition) is 3. The number of nitrogens with zero attached hydrogens (tertiary/aromatic N) is 1. The Bertz CT molecular complexity index is 251. The van der Waals surface area contributed by atoms with Crippen LogP contribution in [0.2, 0.25) is 0 Å². The van der Waals surface area contributed by atoms with Crippen LogP contribution < -0.4 is 0 Å². The average molecular weight is 181 g/mol. The summed E-state index contributed by atoms with van der Waals surface area (Å²) in [5.41, 5.74) is -0.373. The average Bonchev–Trinajstić information content (AvgIpc) is 2.63. The summed E-state index contributed by atoms with van der Waals surface area (Å²) in [4.78, 5) is 13.8. The highest BCUT2D eigenvalue weighted by molar-refractivity contribution is 5.84. The van der Waals surface area contributed by atoms with Crippen LogP contribution in [0.25, 0.3) is 0 Å². The van der Waals surface area contributed by atoms with Crippen LogP contribution in [0.3, 0.4) is 0 Å². The van der Waals surface area contributed by atoms with E-state index < -0.39 is 0 Å².